The fraction of sp³-hybridized carbons (Fsp3) is 0.538. The third-order valence-electron chi connectivity index (χ3n) is 2.86. The highest BCUT2D eigenvalue weighted by Crippen LogP contribution is 2.30. The van der Waals surface area contributed by atoms with Gasteiger partial charge in [-0.3, -0.25) is 0 Å². The van der Waals surface area contributed by atoms with Gasteiger partial charge in [0.05, 0.1) is 5.02 Å². The summed E-state index contributed by atoms with van der Waals surface area (Å²) in [4.78, 5) is 0. The molecule has 0 heterocycles. The average molecular weight is 244 g/mol. The molecule has 0 bridgehead atoms. The molecule has 1 N–H and O–H groups in total. The average Bonchev–Trinajstić information content (AvgIpc) is 2.29. The van der Waals surface area contributed by atoms with Crippen LogP contribution >= 0.6 is 11.6 Å². The van der Waals surface area contributed by atoms with Crippen molar-refractivity contribution >= 4 is 11.6 Å². The van der Waals surface area contributed by atoms with Crippen molar-refractivity contribution in [3.05, 3.63) is 34.1 Å². The van der Waals surface area contributed by atoms with E-state index in [1.54, 1.807) is 0 Å². The van der Waals surface area contributed by atoms with Crippen molar-refractivity contribution in [1.82, 2.24) is 5.32 Å². The summed E-state index contributed by atoms with van der Waals surface area (Å²) in [5.41, 5.74) is 2.07. The van der Waals surface area contributed by atoms with Gasteiger partial charge in [-0.25, -0.2) is 4.39 Å². The molecule has 0 aromatic heterocycles. The molecule has 3 heteroatoms. The van der Waals surface area contributed by atoms with Crippen LogP contribution in [0.1, 0.15) is 43.9 Å². The third kappa shape index (κ3) is 2.74. The van der Waals surface area contributed by atoms with Crippen LogP contribution in [0.4, 0.5) is 4.39 Å². The van der Waals surface area contributed by atoms with E-state index in [1.807, 2.05) is 13.1 Å². The van der Waals surface area contributed by atoms with E-state index in [0.29, 0.717) is 0 Å². The first kappa shape index (κ1) is 13.5. The van der Waals surface area contributed by atoms with Crippen LogP contribution in [-0.2, 0) is 6.42 Å². The van der Waals surface area contributed by atoms with Crippen molar-refractivity contribution in [2.45, 2.75) is 39.2 Å². The molecule has 0 radical (unpaired) electrons. The van der Waals surface area contributed by atoms with Crippen LogP contribution < -0.4 is 5.32 Å². The van der Waals surface area contributed by atoms with Gasteiger partial charge in [-0.05, 0) is 37.1 Å². The summed E-state index contributed by atoms with van der Waals surface area (Å²) < 4.78 is 13.4. The summed E-state index contributed by atoms with van der Waals surface area (Å²) in [5, 5.41) is 3.52. The molecular formula is C13H19ClFN. The Labute approximate surface area is 102 Å². The minimum absolute atomic E-state index is 0.250. The Bertz CT molecular complexity index is 348. The second kappa shape index (κ2) is 6.21. The van der Waals surface area contributed by atoms with Gasteiger partial charge < -0.3 is 5.32 Å². The molecule has 0 saturated heterocycles. The fourth-order valence-corrected chi connectivity index (χ4v) is 2.28. The summed E-state index contributed by atoms with van der Waals surface area (Å²) in [7, 11) is 1.92. The van der Waals surface area contributed by atoms with E-state index >= 15 is 0 Å². The molecule has 0 aliphatic rings. The quantitative estimate of drug-likeness (QED) is 0.821. The van der Waals surface area contributed by atoms with Gasteiger partial charge in [-0.1, -0.05) is 37.9 Å². The highest BCUT2D eigenvalue weighted by Gasteiger charge is 2.16. The number of nitrogens with one attached hydrogen (secondary N) is 1. The lowest BCUT2D eigenvalue weighted by Gasteiger charge is -2.19. The predicted octanol–water partition coefficient (Wildman–Crippen LogP) is 4.10. The smallest absolute Gasteiger partial charge is 0.142 e. The van der Waals surface area contributed by atoms with Gasteiger partial charge in [0.15, 0.2) is 0 Å². The van der Waals surface area contributed by atoms with Crippen molar-refractivity contribution in [2.24, 2.45) is 0 Å². The summed E-state index contributed by atoms with van der Waals surface area (Å²) in [6, 6.07) is 3.55. The van der Waals surface area contributed by atoms with Crippen LogP contribution in [0.2, 0.25) is 5.02 Å². The number of hydrogen-bond acceptors (Lipinski definition) is 1. The molecule has 0 fully saturated rings. The van der Waals surface area contributed by atoms with Crippen LogP contribution in [0, 0.1) is 5.82 Å². The normalized spacial score (nSPS) is 12.8. The second-order valence-electron chi connectivity index (χ2n) is 3.93. The van der Waals surface area contributed by atoms with Crippen molar-refractivity contribution < 1.29 is 4.39 Å². The largest absolute Gasteiger partial charge is 0.313 e. The molecule has 90 valence electrons. The van der Waals surface area contributed by atoms with Crippen molar-refractivity contribution in [1.29, 1.82) is 0 Å². The zero-order valence-corrected chi connectivity index (χ0v) is 10.9. The maximum absolute atomic E-state index is 13.4. The molecule has 1 unspecified atom stereocenters. The topological polar surface area (TPSA) is 12.0 Å². The van der Waals surface area contributed by atoms with Gasteiger partial charge in [-0.15, -0.1) is 0 Å². The number of rotatable bonds is 5. The zero-order chi connectivity index (χ0) is 12.1. The number of hydrogen-bond donors (Lipinski definition) is 1. The number of benzene rings is 1. The van der Waals surface area contributed by atoms with E-state index in [4.69, 9.17) is 11.6 Å². The first-order valence-electron chi connectivity index (χ1n) is 5.79. The van der Waals surface area contributed by atoms with E-state index in [9.17, 15) is 4.39 Å². The summed E-state index contributed by atoms with van der Waals surface area (Å²) in [5.74, 6) is -0.320. The van der Waals surface area contributed by atoms with E-state index in [0.717, 1.165) is 30.4 Å². The summed E-state index contributed by atoms with van der Waals surface area (Å²) >= 11 is 6.03. The molecule has 0 spiro atoms. The van der Waals surface area contributed by atoms with Gasteiger partial charge in [0.1, 0.15) is 5.82 Å². The fourth-order valence-electron chi connectivity index (χ4n) is 2.02. The van der Waals surface area contributed by atoms with Crippen LogP contribution in [0.15, 0.2) is 12.1 Å². The molecular weight excluding hydrogens is 225 g/mol. The lowest BCUT2D eigenvalue weighted by Crippen LogP contribution is -2.17. The highest BCUT2D eigenvalue weighted by molar-refractivity contribution is 6.31. The van der Waals surface area contributed by atoms with Crippen LogP contribution in [0.5, 0.6) is 0 Å². The second-order valence-corrected chi connectivity index (χ2v) is 4.31. The van der Waals surface area contributed by atoms with Gasteiger partial charge in [-0.2, -0.15) is 0 Å². The maximum Gasteiger partial charge on any atom is 0.142 e. The third-order valence-corrected chi connectivity index (χ3v) is 3.27. The van der Waals surface area contributed by atoms with Gasteiger partial charge >= 0.3 is 0 Å². The van der Waals surface area contributed by atoms with Crippen LogP contribution in [0.3, 0.4) is 0 Å². The van der Waals surface area contributed by atoms with Gasteiger partial charge in [0.25, 0.3) is 0 Å². The Hall–Kier alpha value is -0.600. The lowest BCUT2D eigenvalue weighted by atomic mass is 9.95. The van der Waals surface area contributed by atoms with E-state index in [2.05, 4.69) is 19.2 Å². The molecule has 16 heavy (non-hydrogen) atoms. The lowest BCUT2D eigenvalue weighted by molar-refractivity contribution is 0.565. The molecule has 0 saturated carbocycles. The molecule has 0 amide bonds. The van der Waals surface area contributed by atoms with Gasteiger partial charge in [0.2, 0.25) is 0 Å². The molecule has 0 aliphatic carbocycles. The Morgan fingerprint density at radius 2 is 2.06 bits per heavy atom. The zero-order valence-electron chi connectivity index (χ0n) is 10.1. The Morgan fingerprint density at radius 3 is 2.56 bits per heavy atom. The summed E-state index contributed by atoms with van der Waals surface area (Å²) in [6.07, 6.45) is 2.76. The monoisotopic (exact) mass is 243 g/mol. The standard InChI is InChI=1S/C13H19ClFN/c1-4-6-10-9(12(5-2)16-3)7-8-11(15)13(10)14/h7-8,12,16H,4-6H2,1-3H3. The van der Waals surface area contributed by atoms with E-state index in [1.165, 1.54) is 6.07 Å². The SMILES string of the molecule is CCCc1c(C(CC)NC)ccc(F)c1Cl. The minimum Gasteiger partial charge on any atom is -0.313 e. The first-order chi connectivity index (χ1) is 7.65. The van der Waals surface area contributed by atoms with Crippen molar-refractivity contribution in [3.8, 4) is 0 Å². The highest BCUT2D eigenvalue weighted by atomic mass is 35.5. The minimum atomic E-state index is -0.320. The first-order valence-corrected chi connectivity index (χ1v) is 6.17. The molecule has 0 aliphatic heterocycles. The molecule has 1 rings (SSSR count). The van der Waals surface area contributed by atoms with Gasteiger partial charge in [0, 0.05) is 6.04 Å². The van der Waals surface area contributed by atoms with Crippen LogP contribution in [0.25, 0.3) is 0 Å². The predicted molar refractivity (Wildman–Crippen MR) is 67.5 cm³/mol. The Balaban J connectivity index is 3.21. The Kier molecular flexibility index (Phi) is 5.23. The molecule has 1 nitrogen and oxygen atoms in total. The van der Waals surface area contributed by atoms with Crippen molar-refractivity contribution in [3.63, 3.8) is 0 Å². The van der Waals surface area contributed by atoms with Crippen molar-refractivity contribution in [2.75, 3.05) is 7.05 Å². The number of halogens is 2. The summed E-state index contributed by atoms with van der Waals surface area (Å²) in [6.45, 7) is 4.18. The Morgan fingerprint density at radius 1 is 1.38 bits per heavy atom. The van der Waals surface area contributed by atoms with E-state index < -0.39 is 0 Å². The molecule has 1 atom stereocenters. The van der Waals surface area contributed by atoms with Crippen LogP contribution in [-0.4, -0.2) is 7.05 Å². The molecule has 1 aromatic rings. The molecule has 1 aromatic carbocycles. The maximum atomic E-state index is 13.4. The van der Waals surface area contributed by atoms with E-state index in [-0.39, 0.29) is 16.9 Å².